The van der Waals surface area contributed by atoms with Gasteiger partial charge < -0.3 is 15.4 Å². The van der Waals surface area contributed by atoms with Crippen LogP contribution in [-0.4, -0.2) is 37.9 Å². The number of Topliss-reactive ketones (excluding diaryl/α,β-unsaturated/α-hetero) is 1. The second kappa shape index (κ2) is 9.09. The number of hydrogen-bond donors (Lipinski definition) is 2. The summed E-state index contributed by atoms with van der Waals surface area (Å²) in [5.74, 6) is 0.734. The maximum atomic E-state index is 11.9. The molecule has 0 aliphatic rings. The summed E-state index contributed by atoms with van der Waals surface area (Å²) in [5.41, 5.74) is 0.654. The molecule has 0 saturated carbocycles. The lowest BCUT2D eigenvalue weighted by molar-refractivity contribution is -0.118. The maximum Gasteiger partial charge on any atom is 0.216 e. The summed E-state index contributed by atoms with van der Waals surface area (Å²) >= 11 is 0. The zero-order valence-corrected chi connectivity index (χ0v) is 12.1. The summed E-state index contributed by atoms with van der Waals surface area (Å²) in [4.78, 5) is 22.5. The first kappa shape index (κ1) is 16.2. The van der Waals surface area contributed by atoms with Crippen LogP contribution in [0, 0.1) is 0 Å². The number of nitrogens with one attached hydrogen (secondary N) is 2. The van der Waals surface area contributed by atoms with Crippen molar-refractivity contribution in [1.29, 1.82) is 0 Å². The molecule has 20 heavy (non-hydrogen) atoms. The van der Waals surface area contributed by atoms with Gasteiger partial charge in [0, 0.05) is 25.6 Å². The standard InChI is InChI=1S/C15H22N2O3/c1-3-10-20-14-6-4-13(5-7-14)15(19)11-16-8-9-17-12(2)18/h4-7,16H,3,8-11H2,1-2H3,(H,17,18). The summed E-state index contributed by atoms with van der Waals surface area (Å²) in [6, 6.07) is 7.14. The molecule has 1 amide bonds. The van der Waals surface area contributed by atoms with Gasteiger partial charge in [-0.1, -0.05) is 6.92 Å². The summed E-state index contributed by atoms with van der Waals surface area (Å²) in [5, 5.41) is 5.65. The fourth-order valence-electron chi connectivity index (χ4n) is 1.59. The number of ether oxygens (including phenoxy) is 1. The van der Waals surface area contributed by atoms with E-state index < -0.39 is 0 Å². The first-order valence-electron chi connectivity index (χ1n) is 6.84. The fraction of sp³-hybridized carbons (Fsp3) is 0.467. The van der Waals surface area contributed by atoms with E-state index in [-0.39, 0.29) is 18.2 Å². The van der Waals surface area contributed by atoms with Crippen LogP contribution in [0.1, 0.15) is 30.6 Å². The molecule has 0 bridgehead atoms. The van der Waals surface area contributed by atoms with E-state index in [2.05, 4.69) is 10.6 Å². The van der Waals surface area contributed by atoms with E-state index in [1.54, 1.807) is 24.3 Å². The first-order valence-corrected chi connectivity index (χ1v) is 6.84. The Morgan fingerprint density at radius 3 is 2.45 bits per heavy atom. The minimum atomic E-state index is -0.0687. The predicted octanol–water partition coefficient (Wildman–Crippen LogP) is 1.38. The van der Waals surface area contributed by atoms with Crippen LogP contribution in [0.25, 0.3) is 0 Å². The van der Waals surface area contributed by atoms with Crippen molar-refractivity contribution >= 4 is 11.7 Å². The molecule has 2 N–H and O–H groups in total. The molecule has 0 heterocycles. The van der Waals surface area contributed by atoms with Gasteiger partial charge in [-0.05, 0) is 30.7 Å². The summed E-state index contributed by atoms with van der Waals surface area (Å²) < 4.78 is 5.46. The van der Waals surface area contributed by atoms with Crippen molar-refractivity contribution in [3.63, 3.8) is 0 Å². The van der Waals surface area contributed by atoms with Gasteiger partial charge in [-0.2, -0.15) is 0 Å². The fourth-order valence-corrected chi connectivity index (χ4v) is 1.59. The molecule has 0 unspecified atom stereocenters. The van der Waals surface area contributed by atoms with Crippen LogP contribution >= 0.6 is 0 Å². The normalized spacial score (nSPS) is 10.1. The number of ketones is 1. The van der Waals surface area contributed by atoms with Gasteiger partial charge in [-0.3, -0.25) is 9.59 Å². The van der Waals surface area contributed by atoms with Crippen molar-refractivity contribution in [2.24, 2.45) is 0 Å². The highest BCUT2D eigenvalue weighted by atomic mass is 16.5. The maximum absolute atomic E-state index is 11.9. The third-order valence-corrected chi connectivity index (χ3v) is 2.61. The quantitative estimate of drug-likeness (QED) is 0.529. The number of carbonyl (C=O) groups is 2. The minimum absolute atomic E-state index is 0.0230. The monoisotopic (exact) mass is 278 g/mol. The van der Waals surface area contributed by atoms with Crippen molar-refractivity contribution in [3.05, 3.63) is 29.8 Å². The lowest BCUT2D eigenvalue weighted by Crippen LogP contribution is -2.32. The molecule has 1 aromatic carbocycles. The van der Waals surface area contributed by atoms with Crippen molar-refractivity contribution < 1.29 is 14.3 Å². The molecule has 0 spiro atoms. The molecule has 0 aliphatic carbocycles. The van der Waals surface area contributed by atoms with Gasteiger partial charge in [0.2, 0.25) is 5.91 Å². The highest BCUT2D eigenvalue weighted by Gasteiger charge is 2.05. The van der Waals surface area contributed by atoms with Gasteiger partial charge in [0.25, 0.3) is 0 Å². The largest absolute Gasteiger partial charge is 0.494 e. The van der Waals surface area contributed by atoms with Crippen LogP contribution in [0.4, 0.5) is 0 Å². The minimum Gasteiger partial charge on any atom is -0.494 e. The van der Waals surface area contributed by atoms with Crippen LogP contribution < -0.4 is 15.4 Å². The van der Waals surface area contributed by atoms with Gasteiger partial charge >= 0.3 is 0 Å². The number of hydrogen-bond acceptors (Lipinski definition) is 4. The Balaban J connectivity index is 2.30. The lowest BCUT2D eigenvalue weighted by Gasteiger charge is -2.07. The zero-order chi connectivity index (χ0) is 14.8. The highest BCUT2D eigenvalue weighted by Crippen LogP contribution is 2.12. The van der Waals surface area contributed by atoms with E-state index in [1.807, 2.05) is 6.92 Å². The predicted molar refractivity (Wildman–Crippen MR) is 78.1 cm³/mol. The van der Waals surface area contributed by atoms with Gasteiger partial charge in [0.05, 0.1) is 13.2 Å². The second-order valence-electron chi connectivity index (χ2n) is 4.46. The van der Waals surface area contributed by atoms with E-state index in [9.17, 15) is 9.59 Å². The number of rotatable bonds is 9. The lowest BCUT2D eigenvalue weighted by atomic mass is 10.1. The molecular weight excluding hydrogens is 256 g/mol. The molecule has 1 aromatic rings. The summed E-state index contributed by atoms with van der Waals surface area (Å²) in [6.07, 6.45) is 0.957. The van der Waals surface area contributed by atoms with Gasteiger partial charge in [0.1, 0.15) is 5.75 Å². The van der Waals surface area contributed by atoms with Crippen molar-refractivity contribution in [3.8, 4) is 5.75 Å². The average Bonchev–Trinajstić information content (AvgIpc) is 2.44. The molecule has 0 fully saturated rings. The summed E-state index contributed by atoms with van der Waals surface area (Å²) in [6.45, 7) is 5.54. The molecule has 5 heteroatoms. The number of amides is 1. The van der Waals surface area contributed by atoms with Crippen LogP contribution in [0.3, 0.4) is 0 Å². The Labute approximate surface area is 119 Å². The Bertz CT molecular complexity index is 429. The van der Waals surface area contributed by atoms with Crippen molar-refractivity contribution in [2.45, 2.75) is 20.3 Å². The number of carbonyl (C=O) groups excluding carboxylic acids is 2. The Morgan fingerprint density at radius 1 is 1.15 bits per heavy atom. The molecule has 5 nitrogen and oxygen atoms in total. The molecule has 110 valence electrons. The van der Waals surface area contributed by atoms with Crippen molar-refractivity contribution in [1.82, 2.24) is 10.6 Å². The highest BCUT2D eigenvalue weighted by molar-refractivity contribution is 5.97. The Morgan fingerprint density at radius 2 is 1.85 bits per heavy atom. The second-order valence-corrected chi connectivity index (χ2v) is 4.46. The van der Waals surface area contributed by atoms with Crippen LogP contribution in [0.15, 0.2) is 24.3 Å². The molecule has 1 rings (SSSR count). The average molecular weight is 278 g/mol. The van der Waals surface area contributed by atoms with Gasteiger partial charge in [0.15, 0.2) is 5.78 Å². The van der Waals surface area contributed by atoms with Crippen molar-refractivity contribution in [2.75, 3.05) is 26.2 Å². The molecule has 0 radical (unpaired) electrons. The molecule has 0 saturated heterocycles. The zero-order valence-electron chi connectivity index (χ0n) is 12.1. The topological polar surface area (TPSA) is 67.4 Å². The first-order chi connectivity index (χ1) is 9.63. The smallest absolute Gasteiger partial charge is 0.216 e. The third-order valence-electron chi connectivity index (χ3n) is 2.61. The Kier molecular flexibility index (Phi) is 7.35. The third kappa shape index (κ3) is 6.33. The molecule has 0 aromatic heterocycles. The van der Waals surface area contributed by atoms with Crippen LogP contribution in [-0.2, 0) is 4.79 Å². The molecule has 0 atom stereocenters. The van der Waals surface area contributed by atoms with Gasteiger partial charge in [-0.25, -0.2) is 0 Å². The van der Waals surface area contributed by atoms with E-state index >= 15 is 0 Å². The van der Waals surface area contributed by atoms with E-state index in [0.29, 0.717) is 25.3 Å². The SMILES string of the molecule is CCCOc1ccc(C(=O)CNCCNC(C)=O)cc1. The van der Waals surface area contributed by atoms with Crippen LogP contribution in [0.2, 0.25) is 0 Å². The van der Waals surface area contributed by atoms with E-state index in [1.165, 1.54) is 6.92 Å². The molecular formula is C15H22N2O3. The molecule has 0 aliphatic heterocycles. The van der Waals surface area contributed by atoms with Gasteiger partial charge in [-0.15, -0.1) is 0 Å². The van der Waals surface area contributed by atoms with E-state index in [4.69, 9.17) is 4.74 Å². The van der Waals surface area contributed by atoms with Crippen LogP contribution in [0.5, 0.6) is 5.75 Å². The Hall–Kier alpha value is -1.88. The summed E-state index contributed by atoms with van der Waals surface area (Å²) in [7, 11) is 0. The number of benzene rings is 1. The van der Waals surface area contributed by atoms with E-state index in [0.717, 1.165) is 12.2 Å².